The Morgan fingerprint density at radius 3 is 3.00 bits per heavy atom. The Kier molecular flexibility index (Phi) is 2.41. The number of aliphatic hydroxyl groups is 1. The first-order chi connectivity index (χ1) is 8.65. The lowest BCUT2D eigenvalue weighted by Gasteiger charge is -2.10. The molecule has 0 bridgehead atoms. The number of amides is 1. The molecule has 5 heteroatoms. The summed E-state index contributed by atoms with van der Waals surface area (Å²) in [6.07, 6.45) is 0.536. The van der Waals surface area contributed by atoms with Gasteiger partial charge < -0.3 is 14.8 Å². The maximum Gasteiger partial charge on any atom is 0.228 e. The highest BCUT2D eigenvalue weighted by Gasteiger charge is 2.24. The molecule has 0 fully saturated rings. The molecule has 3 rings (SSSR count). The predicted octanol–water partition coefficient (Wildman–Crippen LogP) is 1.99. The van der Waals surface area contributed by atoms with Gasteiger partial charge in [-0.3, -0.25) is 4.79 Å². The van der Waals surface area contributed by atoms with Gasteiger partial charge in [0.1, 0.15) is 17.7 Å². The molecular formula is C13H10FNO3. The molecule has 1 aromatic heterocycles. The number of nitrogens with one attached hydrogen (secondary N) is 1. The van der Waals surface area contributed by atoms with Crippen LogP contribution >= 0.6 is 0 Å². The Labute approximate surface area is 102 Å². The summed E-state index contributed by atoms with van der Waals surface area (Å²) in [5, 5.41) is 12.5. The van der Waals surface area contributed by atoms with Gasteiger partial charge in [0, 0.05) is 0 Å². The Morgan fingerprint density at radius 2 is 2.28 bits per heavy atom. The van der Waals surface area contributed by atoms with Crippen LogP contribution in [0, 0.1) is 5.82 Å². The number of carbonyl (C=O) groups is 1. The zero-order valence-electron chi connectivity index (χ0n) is 9.31. The molecule has 0 radical (unpaired) electrons. The molecule has 1 unspecified atom stereocenters. The number of halogens is 1. The van der Waals surface area contributed by atoms with Crippen molar-refractivity contribution in [2.24, 2.45) is 0 Å². The molecule has 0 aliphatic carbocycles. The predicted molar refractivity (Wildman–Crippen MR) is 61.5 cm³/mol. The smallest absolute Gasteiger partial charge is 0.228 e. The van der Waals surface area contributed by atoms with Crippen LogP contribution in [0.15, 0.2) is 34.9 Å². The first-order valence-electron chi connectivity index (χ1n) is 5.49. The van der Waals surface area contributed by atoms with Crippen LogP contribution in [-0.2, 0) is 11.2 Å². The Balaban J connectivity index is 2.02. The van der Waals surface area contributed by atoms with E-state index in [9.17, 15) is 14.3 Å². The van der Waals surface area contributed by atoms with Crippen LogP contribution in [0.5, 0.6) is 0 Å². The van der Waals surface area contributed by atoms with Crippen molar-refractivity contribution >= 4 is 11.6 Å². The van der Waals surface area contributed by atoms with E-state index in [4.69, 9.17) is 4.42 Å². The summed E-state index contributed by atoms with van der Waals surface area (Å²) < 4.78 is 18.8. The third-order valence-corrected chi connectivity index (χ3v) is 2.94. The maximum atomic E-state index is 13.8. The third-order valence-electron chi connectivity index (χ3n) is 2.94. The summed E-state index contributed by atoms with van der Waals surface area (Å²) in [6.45, 7) is 0. The first kappa shape index (κ1) is 11.0. The van der Waals surface area contributed by atoms with Crippen molar-refractivity contribution in [1.82, 2.24) is 0 Å². The minimum atomic E-state index is -1.03. The number of carbonyl (C=O) groups excluding carboxylic acids is 1. The van der Waals surface area contributed by atoms with E-state index in [2.05, 4.69) is 5.32 Å². The van der Waals surface area contributed by atoms with Crippen LogP contribution in [0.1, 0.15) is 23.0 Å². The second-order valence-electron chi connectivity index (χ2n) is 4.18. The highest BCUT2D eigenvalue weighted by Crippen LogP contribution is 2.31. The minimum absolute atomic E-state index is 0.130. The van der Waals surface area contributed by atoms with Crippen molar-refractivity contribution < 1.29 is 18.7 Å². The zero-order valence-corrected chi connectivity index (χ0v) is 9.31. The van der Waals surface area contributed by atoms with Gasteiger partial charge in [0.2, 0.25) is 5.91 Å². The number of rotatable bonds is 2. The molecule has 2 heterocycles. The highest BCUT2D eigenvalue weighted by molar-refractivity contribution is 5.99. The number of hydrogen-bond donors (Lipinski definition) is 2. The van der Waals surface area contributed by atoms with Crippen molar-refractivity contribution in [2.75, 3.05) is 5.32 Å². The van der Waals surface area contributed by atoms with E-state index < -0.39 is 11.9 Å². The van der Waals surface area contributed by atoms with Gasteiger partial charge in [-0.2, -0.15) is 0 Å². The van der Waals surface area contributed by atoms with Crippen molar-refractivity contribution in [3.05, 3.63) is 53.2 Å². The van der Waals surface area contributed by atoms with Crippen molar-refractivity contribution in [3.8, 4) is 0 Å². The van der Waals surface area contributed by atoms with Gasteiger partial charge in [-0.05, 0) is 35.4 Å². The van der Waals surface area contributed by atoms with E-state index in [0.29, 0.717) is 16.9 Å². The SMILES string of the molecule is O=C1Cc2cc(C(O)c3ccco3)cc(F)c2N1. The largest absolute Gasteiger partial charge is 0.466 e. The quantitative estimate of drug-likeness (QED) is 0.853. The van der Waals surface area contributed by atoms with Crippen LogP contribution in [-0.4, -0.2) is 11.0 Å². The van der Waals surface area contributed by atoms with E-state index in [1.54, 1.807) is 18.2 Å². The van der Waals surface area contributed by atoms with Crippen molar-refractivity contribution in [3.63, 3.8) is 0 Å². The molecule has 18 heavy (non-hydrogen) atoms. The minimum Gasteiger partial charge on any atom is -0.466 e. The molecule has 2 aromatic rings. The van der Waals surface area contributed by atoms with E-state index in [1.165, 1.54) is 12.3 Å². The Bertz CT molecular complexity index is 607. The summed E-state index contributed by atoms with van der Waals surface area (Å²) in [6, 6.07) is 6.08. The molecule has 0 spiro atoms. The third kappa shape index (κ3) is 1.69. The number of fused-ring (bicyclic) bond motifs is 1. The van der Waals surface area contributed by atoms with E-state index in [-0.39, 0.29) is 18.0 Å². The van der Waals surface area contributed by atoms with Gasteiger partial charge in [-0.15, -0.1) is 0 Å². The monoisotopic (exact) mass is 247 g/mol. The lowest BCUT2D eigenvalue weighted by molar-refractivity contribution is -0.115. The highest BCUT2D eigenvalue weighted by atomic mass is 19.1. The summed E-state index contributed by atoms with van der Waals surface area (Å²) in [4.78, 5) is 11.2. The van der Waals surface area contributed by atoms with Crippen LogP contribution < -0.4 is 5.32 Å². The Morgan fingerprint density at radius 1 is 1.44 bits per heavy atom. The zero-order chi connectivity index (χ0) is 12.7. The van der Waals surface area contributed by atoms with Crippen LogP contribution in [0.4, 0.5) is 10.1 Å². The second-order valence-corrected chi connectivity index (χ2v) is 4.18. The molecule has 92 valence electrons. The van der Waals surface area contributed by atoms with E-state index in [0.717, 1.165) is 0 Å². The van der Waals surface area contributed by atoms with Gasteiger partial charge >= 0.3 is 0 Å². The topological polar surface area (TPSA) is 62.5 Å². The van der Waals surface area contributed by atoms with Crippen LogP contribution in [0.3, 0.4) is 0 Å². The summed E-state index contributed by atoms with van der Waals surface area (Å²) in [5.74, 6) is -0.445. The molecule has 1 aromatic carbocycles. The van der Waals surface area contributed by atoms with Gasteiger partial charge in [-0.25, -0.2) is 4.39 Å². The van der Waals surface area contributed by atoms with E-state index >= 15 is 0 Å². The van der Waals surface area contributed by atoms with Gasteiger partial charge in [0.05, 0.1) is 18.4 Å². The summed E-state index contributed by atoms with van der Waals surface area (Å²) >= 11 is 0. The number of benzene rings is 1. The average Bonchev–Trinajstić information content (AvgIpc) is 2.96. The standard InChI is InChI=1S/C13H10FNO3/c14-9-5-8(13(17)10-2-1-3-18-10)4-7-6-11(16)15-12(7)9/h1-5,13,17H,6H2,(H,15,16). The number of hydrogen-bond acceptors (Lipinski definition) is 3. The summed E-state index contributed by atoms with van der Waals surface area (Å²) in [7, 11) is 0. The van der Waals surface area contributed by atoms with Crippen LogP contribution in [0.2, 0.25) is 0 Å². The van der Waals surface area contributed by atoms with Crippen molar-refractivity contribution in [2.45, 2.75) is 12.5 Å². The number of furan rings is 1. The lowest BCUT2D eigenvalue weighted by Crippen LogP contribution is -2.04. The summed E-state index contributed by atoms with van der Waals surface area (Å²) in [5.41, 5.74) is 1.13. The van der Waals surface area contributed by atoms with Gasteiger partial charge in [-0.1, -0.05) is 0 Å². The molecule has 1 atom stereocenters. The maximum absolute atomic E-state index is 13.8. The second kappa shape index (κ2) is 3.96. The molecule has 0 saturated carbocycles. The Hall–Kier alpha value is -2.14. The fourth-order valence-corrected chi connectivity index (χ4v) is 2.09. The molecule has 1 aliphatic heterocycles. The normalized spacial score (nSPS) is 15.3. The van der Waals surface area contributed by atoms with Crippen molar-refractivity contribution in [1.29, 1.82) is 0 Å². The van der Waals surface area contributed by atoms with Gasteiger partial charge in [0.25, 0.3) is 0 Å². The fourth-order valence-electron chi connectivity index (χ4n) is 2.09. The van der Waals surface area contributed by atoms with E-state index in [1.807, 2.05) is 0 Å². The number of aliphatic hydroxyl groups excluding tert-OH is 1. The average molecular weight is 247 g/mol. The van der Waals surface area contributed by atoms with Gasteiger partial charge in [0.15, 0.2) is 0 Å². The number of anilines is 1. The molecule has 0 saturated heterocycles. The fraction of sp³-hybridized carbons (Fsp3) is 0.154. The molecule has 1 amide bonds. The molecule has 4 nitrogen and oxygen atoms in total. The first-order valence-corrected chi connectivity index (χ1v) is 5.49. The van der Waals surface area contributed by atoms with Crippen LogP contribution in [0.25, 0.3) is 0 Å². The molecule has 2 N–H and O–H groups in total. The molecule has 1 aliphatic rings. The molecular weight excluding hydrogens is 237 g/mol. The lowest BCUT2D eigenvalue weighted by atomic mass is 10.0.